The van der Waals surface area contributed by atoms with E-state index in [0.717, 1.165) is 6.42 Å². The van der Waals surface area contributed by atoms with Gasteiger partial charge in [-0.15, -0.1) is 0 Å². The lowest BCUT2D eigenvalue weighted by molar-refractivity contribution is -0.314. The minimum Gasteiger partial charge on any atom is -0.550 e. The highest BCUT2D eigenvalue weighted by molar-refractivity contribution is 9.09. The number of ether oxygens (including phenoxy) is 1. The molecule has 14 heavy (non-hydrogen) atoms. The fraction of sp³-hybridized carbons (Fsp3) is 0.778. The molecule has 0 N–H and O–H groups in total. The van der Waals surface area contributed by atoms with Crippen LogP contribution in [0.25, 0.3) is 0 Å². The van der Waals surface area contributed by atoms with Gasteiger partial charge in [0.25, 0.3) is 0 Å². The van der Waals surface area contributed by atoms with Crippen LogP contribution in [0.3, 0.4) is 0 Å². The van der Waals surface area contributed by atoms with Crippen molar-refractivity contribution >= 4 is 27.9 Å². The highest BCUT2D eigenvalue weighted by Crippen LogP contribution is 2.59. The van der Waals surface area contributed by atoms with Crippen LogP contribution in [-0.4, -0.2) is 22.9 Å². The first-order chi connectivity index (χ1) is 6.61. The number of rotatable bonds is 1. The van der Waals surface area contributed by atoms with Crippen molar-refractivity contribution in [1.82, 2.24) is 0 Å². The molecule has 3 fully saturated rings. The number of carboxylic acids is 1. The summed E-state index contributed by atoms with van der Waals surface area (Å²) < 4.78 is 5.15. The SMILES string of the molecule is O=C1O[C@H]2[C@@H](Br)[C@@H]3C[C@H]2[C@@H]1[C@@H]3C(=O)[O-]. The fourth-order valence-corrected chi connectivity index (χ4v) is 4.34. The van der Waals surface area contributed by atoms with Gasteiger partial charge in [0.1, 0.15) is 6.10 Å². The van der Waals surface area contributed by atoms with Crippen molar-refractivity contribution in [2.75, 3.05) is 0 Å². The Morgan fingerprint density at radius 1 is 1.50 bits per heavy atom. The normalized spacial score (nSPS) is 53.6. The Morgan fingerprint density at radius 2 is 2.21 bits per heavy atom. The summed E-state index contributed by atoms with van der Waals surface area (Å²) in [6.45, 7) is 0. The molecule has 0 aromatic carbocycles. The van der Waals surface area contributed by atoms with E-state index >= 15 is 0 Å². The Hall–Kier alpha value is -0.580. The highest BCUT2D eigenvalue weighted by atomic mass is 79.9. The topological polar surface area (TPSA) is 66.4 Å². The van der Waals surface area contributed by atoms with Crippen molar-refractivity contribution in [3.8, 4) is 0 Å². The highest BCUT2D eigenvalue weighted by Gasteiger charge is 2.66. The Bertz CT molecular complexity index is 329. The molecule has 2 aliphatic carbocycles. The molecule has 4 nitrogen and oxygen atoms in total. The minimum atomic E-state index is -1.11. The molecular formula is C9H8BrO4-. The van der Waals surface area contributed by atoms with Gasteiger partial charge < -0.3 is 14.6 Å². The largest absolute Gasteiger partial charge is 0.550 e. The summed E-state index contributed by atoms with van der Waals surface area (Å²) in [5.41, 5.74) is 0. The van der Waals surface area contributed by atoms with Crippen LogP contribution in [0.1, 0.15) is 6.42 Å². The second-order valence-corrected chi connectivity index (χ2v) is 5.34. The lowest BCUT2D eigenvalue weighted by atomic mass is 9.80. The number of hydrogen-bond donors (Lipinski definition) is 0. The number of carbonyl (C=O) groups excluding carboxylic acids is 2. The molecule has 0 aromatic heterocycles. The van der Waals surface area contributed by atoms with E-state index in [2.05, 4.69) is 15.9 Å². The number of esters is 1. The third kappa shape index (κ3) is 0.798. The molecular weight excluding hydrogens is 252 g/mol. The first kappa shape index (κ1) is 8.71. The maximum absolute atomic E-state index is 11.4. The molecule has 1 saturated heterocycles. The second-order valence-electron chi connectivity index (χ2n) is 4.28. The summed E-state index contributed by atoms with van der Waals surface area (Å²) in [5, 5.41) is 10.9. The fourth-order valence-electron chi connectivity index (χ4n) is 3.29. The first-order valence-corrected chi connectivity index (χ1v) is 5.58. The van der Waals surface area contributed by atoms with Gasteiger partial charge in [0.15, 0.2) is 0 Å². The van der Waals surface area contributed by atoms with Gasteiger partial charge in [-0.1, -0.05) is 15.9 Å². The van der Waals surface area contributed by atoms with Crippen LogP contribution in [0, 0.1) is 23.7 Å². The Labute approximate surface area is 88.7 Å². The van der Waals surface area contributed by atoms with E-state index in [1.807, 2.05) is 0 Å². The third-order valence-electron chi connectivity index (χ3n) is 3.80. The molecule has 76 valence electrons. The average Bonchev–Trinajstić information content (AvgIpc) is 2.67. The van der Waals surface area contributed by atoms with Gasteiger partial charge in [-0.05, 0) is 12.3 Å². The summed E-state index contributed by atoms with van der Waals surface area (Å²) in [4.78, 5) is 22.3. The summed E-state index contributed by atoms with van der Waals surface area (Å²) in [5.74, 6) is -2.44. The van der Waals surface area contributed by atoms with Crippen LogP contribution in [0.2, 0.25) is 0 Å². The number of fused-ring (bicyclic) bond motifs is 1. The molecule has 1 heterocycles. The number of hydrogen-bond acceptors (Lipinski definition) is 4. The average molecular weight is 260 g/mol. The molecule has 0 spiro atoms. The molecule has 3 aliphatic rings. The number of aliphatic carboxylic acids is 1. The summed E-state index contributed by atoms with van der Waals surface area (Å²) in [7, 11) is 0. The predicted octanol–water partition coefficient (Wildman–Crippen LogP) is -0.693. The zero-order chi connectivity index (χ0) is 10.0. The zero-order valence-electron chi connectivity index (χ0n) is 7.18. The van der Waals surface area contributed by atoms with E-state index < -0.39 is 17.8 Å². The summed E-state index contributed by atoms with van der Waals surface area (Å²) >= 11 is 3.42. The van der Waals surface area contributed by atoms with Gasteiger partial charge in [-0.3, -0.25) is 4.79 Å². The van der Waals surface area contributed by atoms with Crippen molar-refractivity contribution < 1.29 is 19.4 Å². The van der Waals surface area contributed by atoms with Crippen LogP contribution in [-0.2, 0) is 14.3 Å². The maximum atomic E-state index is 11.4. The maximum Gasteiger partial charge on any atom is 0.310 e. The van der Waals surface area contributed by atoms with Crippen molar-refractivity contribution in [1.29, 1.82) is 0 Å². The summed E-state index contributed by atoms with van der Waals surface area (Å²) in [6, 6.07) is 0. The number of carboxylic acid groups (broad SMARTS) is 1. The standard InChI is InChI=1S/C9H9BrO4/c10-6-2-1-3-5(4(2)8(11)12)9(13)14-7(3)6/h2-7H,1H2,(H,11,12)/p-1/t2-,3+,4-,5-,6+,7-/m1/s1. The molecule has 0 aromatic rings. The van der Waals surface area contributed by atoms with Crippen LogP contribution < -0.4 is 5.11 Å². The van der Waals surface area contributed by atoms with E-state index in [9.17, 15) is 14.7 Å². The Balaban J connectivity index is 2.04. The second kappa shape index (κ2) is 2.51. The first-order valence-electron chi connectivity index (χ1n) is 4.66. The van der Waals surface area contributed by atoms with Crippen molar-refractivity contribution in [2.24, 2.45) is 23.7 Å². The number of halogens is 1. The lowest BCUT2D eigenvalue weighted by Gasteiger charge is -2.28. The van der Waals surface area contributed by atoms with Gasteiger partial charge in [0.05, 0.1) is 10.7 Å². The van der Waals surface area contributed by atoms with Crippen LogP contribution in [0.4, 0.5) is 0 Å². The number of alkyl halides is 1. The molecule has 0 unspecified atom stereocenters. The molecule has 1 aliphatic heterocycles. The molecule has 6 atom stereocenters. The molecule has 2 saturated carbocycles. The van der Waals surface area contributed by atoms with Crippen LogP contribution >= 0.6 is 15.9 Å². The van der Waals surface area contributed by atoms with Crippen molar-refractivity contribution in [3.63, 3.8) is 0 Å². The van der Waals surface area contributed by atoms with Gasteiger partial charge in [-0.25, -0.2) is 0 Å². The molecule has 5 heteroatoms. The van der Waals surface area contributed by atoms with Gasteiger partial charge >= 0.3 is 5.97 Å². The van der Waals surface area contributed by atoms with Gasteiger partial charge in [0, 0.05) is 17.8 Å². The van der Waals surface area contributed by atoms with Gasteiger partial charge in [-0.2, -0.15) is 0 Å². The number of carbonyl (C=O) groups is 2. The Kier molecular flexibility index (Phi) is 1.56. The van der Waals surface area contributed by atoms with E-state index in [4.69, 9.17) is 4.74 Å². The lowest BCUT2D eigenvalue weighted by Crippen LogP contribution is -2.44. The van der Waals surface area contributed by atoms with E-state index in [1.165, 1.54) is 0 Å². The Morgan fingerprint density at radius 3 is 2.86 bits per heavy atom. The van der Waals surface area contributed by atoms with Gasteiger partial charge in [0.2, 0.25) is 0 Å². The van der Waals surface area contributed by atoms with E-state index in [1.54, 1.807) is 0 Å². The smallest absolute Gasteiger partial charge is 0.310 e. The van der Waals surface area contributed by atoms with E-state index in [0.29, 0.717) is 0 Å². The van der Waals surface area contributed by atoms with Crippen LogP contribution in [0.5, 0.6) is 0 Å². The molecule has 0 amide bonds. The monoisotopic (exact) mass is 259 g/mol. The van der Waals surface area contributed by atoms with E-state index in [-0.39, 0.29) is 28.7 Å². The minimum absolute atomic E-state index is 0.00176. The predicted molar refractivity (Wildman–Crippen MR) is 46.2 cm³/mol. The summed E-state index contributed by atoms with van der Waals surface area (Å²) in [6.07, 6.45) is 0.670. The zero-order valence-corrected chi connectivity index (χ0v) is 8.77. The molecule has 3 rings (SSSR count). The molecule has 2 bridgehead atoms. The third-order valence-corrected chi connectivity index (χ3v) is 5.00. The van der Waals surface area contributed by atoms with Crippen molar-refractivity contribution in [3.05, 3.63) is 0 Å². The molecule has 0 radical (unpaired) electrons. The van der Waals surface area contributed by atoms with Crippen LogP contribution in [0.15, 0.2) is 0 Å². The quantitative estimate of drug-likeness (QED) is 0.462. The van der Waals surface area contributed by atoms with Crippen molar-refractivity contribution in [2.45, 2.75) is 17.4 Å².